The number of nitrogens with one attached hydrogen (secondary N) is 2. The van der Waals surface area contributed by atoms with Crippen molar-refractivity contribution in [1.29, 1.82) is 0 Å². The molecule has 11 heteroatoms. The van der Waals surface area contributed by atoms with E-state index in [1.807, 2.05) is 0 Å². The SMILES string of the molecule is CC(C)(N)C(NC(=O)N1CC(=O)Nc2cccnc21)c1ccc(OC(F)(F)F)cc1. The number of halogens is 3. The zero-order valence-corrected chi connectivity index (χ0v) is 16.2. The second-order valence-corrected chi connectivity index (χ2v) is 7.33. The van der Waals surface area contributed by atoms with Gasteiger partial charge in [-0.1, -0.05) is 12.1 Å². The summed E-state index contributed by atoms with van der Waals surface area (Å²) in [6.07, 6.45) is -3.32. The number of hydrogen-bond donors (Lipinski definition) is 3. The quantitative estimate of drug-likeness (QED) is 0.701. The van der Waals surface area contributed by atoms with Crippen LogP contribution in [0.3, 0.4) is 0 Å². The Morgan fingerprint density at radius 2 is 1.93 bits per heavy atom. The lowest BCUT2D eigenvalue weighted by Gasteiger charge is -2.35. The average molecular weight is 423 g/mol. The molecular formula is C19H20F3N5O3. The highest BCUT2D eigenvalue weighted by molar-refractivity contribution is 6.08. The number of aromatic nitrogens is 1. The van der Waals surface area contributed by atoms with Crippen LogP contribution < -0.4 is 26.0 Å². The smallest absolute Gasteiger partial charge is 0.406 e. The van der Waals surface area contributed by atoms with Gasteiger partial charge in [0.25, 0.3) is 0 Å². The number of amides is 3. The van der Waals surface area contributed by atoms with E-state index in [-0.39, 0.29) is 18.3 Å². The first-order chi connectivity index (χ1) is 13.9. The number of benzene rings is 1. The van der Waals surface area contributed by atoms with Crippen LogP contribution in [0.1, 0.15) is 25.5 Å². The molecule has 0 saturated heterocycles. The summed E-state index contributed by atoms with van der Waals surface area (Å²) in [7, 11) is 0. The molecule has 1 aromatic carbocycles. The fourth-order valence-corrected chi connectivity index (χ4v) is 3.05. The molecule has 160 valence electrons. The van der Waals surface area contributed by atoms with Gasteiger partial charge in [-0.05, 0) is 43.7 Å². The first-order valence-corrected chi connectivity index (χ1v) is 8.91. The Hall–Kier alpha value is -3.34. The molecular weight excluding hydrogens is 403 g/mol. The Balaban J connectivity index is 1.84. The van der Waals surface area contributed by atoms with Gasteiger partial charge in [0.05, 0.1) is 11.7 Å². The van der Waals surface area contributed by atoms with E-state index in [0.717, 1.165) is 12.1 Å². The Bertz CT molecular complexity index is 942. The lowest BCUT2D eigenvalue weighted by molar-refractivity contribution is -0.274. The normalized spacial score (nSPS) is 15.1. The van der Waals surface area contributed by atoms with Crippen molar-refractivity contribution in [2.75, 3.05) is 16.8 Å². The zero-order valence-electron chi connectivity index (χ0n) is 16.2. The van der Waals surface area contributed by atoms with Gasteiger partial charge in [-0.3, -0.25) is 9.69 Å². The van der Waals surface area contributed by atoms with Gasteiger partial charge in [-0.25, -0.2) is 9.78 Å². The van der Waals surface area contributed by atoms with Gasteiger partial charge in [0.1, 0.15) is 12.3 Å². The van der Waals surface area contributed by atoms with E-state index in [1.165, 1.54) is 23.2 Å². The predicted octanol–water partition coefficient (Wildman–Crippen LogP) is 2.93. The number of pyridine rings is 1. The van der Waals surface area contributed by atoms with Gasteiger partial charge in [-0.15, -0.1) is 13.2 Å². The number of nitrogens with two attached hydrogens (primary N) is 1. The molecule has 8 nitrogen and oxygen atoms in total. The second-order valence-electron chi connectivity index (χ2n) is 7.33. The highest BCUT2D eigenvalue weighted by Gasteiger charge is 2.34. The predicted molar refractivity (Wildman–Crippen MR) is 103 cm³/mol. The molecule has 1 aliphatic rings. The van der Waals surface area contributed by atoms with Gasteiger partial charge >= 0.3 is 12.4 Å². The van der Waals surface area contributed by atoms with Crippen LogP contribution in [0.4, 0.5) is 29.5 Å². The Kier molecular flexibility index (Phi) is 5.57. The minimum atomic E-state index is -4.81. The van der Waals surface area contributed by atoms with E-state index >= 15 is 0 Å². The number of urea groups is 1. The molecule has 30 heavy (non-hydrogen) atoms. The van der Waals surface area contributed by atoms with Crippen molar-refractivity contribution >= 4 is 23.4 Å². The number of carbonyl (C=O) groups is 2. The van der Waals surface area contributed by atoms with Crippen molar-refractivity contribution in [3.63, 3.8) is 0 Å². The number of ether oxygens (including phenoxy) is 1. The lowest BCUT2D eigenvalue weighted by Crippen LogP contribution is -2.54. The van der Waals surface area contributed by atoms with Crippen LogP contribution in [0.25, 0.3) is 0 Å². The first-order valence-electron chi connectivity index (χ1n) is 8.91. The summed E-state index contributed by atoms with van der Waals surface area (Å²) in [5.41, 5.74) is 6.09. The summed E-state index contributed by atoms with van der Waals surface area (Å²) in [5, 5.41) is 5.38. The third-order valence-electron chi connectivity index (χ3n) is 4.32. The van der Waals surface area contributed by atoms with Gasteiger partial charge in [0.2, 0.25) is 5.91 Å². The van der Waals surface area contributed by atoms with Crippen molar-refractivity contribution in [2.45, 2.75) is 31.8 Å². The van der Waals surface area contributed by atoms with Gasteiger partial charge in [-0.2, -0.15) is 0 Å². The molecule has 0 aliphatic carbocycles. The first kappa shape index (κ1) is 21.4. The van der Waals surface area contributed by atoms with Crippen molar-refractivity contribution in [1.82, 2.24) is 10.3 Å². The standard InChI is InChI=1S/C19H20F3N5O3/c1-18(2,23)15(11-5-7-12(8-6-11)30-19(20,21)22)26-17(29)27-10-14(28)25-13-4-3-9-24-16(13)27/h3-9,15H,10,23H2,1-2H3,(H,25,28)(H,26,29). The minimum Gasteiger partial charge on any atom is -0.406 e. The number of alkyl halides is 3. The molecule has 0 spiro atoms. The fraction of sp³-hybridized carbons (Fsp3) is 0.316. The third kappa shape index (κ3) is 4.98. The molecule has 0 fully saturated rings. The minimum absolute atomic E-state index is 0.244. The molecule has 1 aromatic heterocycles. The van der Waals surface area contributed by atoms with Crippen LogP contribution in [-0.2, 0) is 4.79 Å². The van der Waals surface area contributed by atoms with Gasteiger partial charge < -0.3 is 21.1 Å². The molecule has 1 atom stereocenters. The molecule has 0 radical (unpaired) electrons. The van der Waals surface area contributed by atoms with Crippen molar-refractivity contribution in [3.8, 4) is 5.75 Å². The van der Waals surface area contributed by atoms with Crippen molar-refractivity contribution < 1.29 is 27.5 Å². The number of rotatable bonds is 4. The van der Waals surface area contributed by atoms with Gasteiger partial charge in [0.15, 0.2) is 5.82 Å². The fourth-order valence-electron chi connectivity index (χ4n) is 3.05. The van der Waals surface area contributed by atoms with E-state index in [9.17, 15) is 22.8 Å². The Morgan fingerprint density at radius 1 is 1.27 bits per heavy atom. The number of fused-ring (bicyclic) bond motifs is 1. The number of nitrogens with zero attached hydrogens (tertiary/aromatic N) is 2. The summed E-state index contributed by atoms with van der Waals surface area (Å²) in [5.74, 6) is -0.503. The summed E-state index contributed by atoms with van der Waals surface area (Å²) in [6.45, 7) is 3.08. The molecule has 4 N–H and O–H groups in total. The highest BCUT2D eigenvalue weighted by atomic mass is 19.4. The van der Waals surface area contributed by atoms with Crippen LogP contribution in [0.5, 0.6) is 5.75 Å². The lowest BCUT2D eigenvalue weighted by atomic mass is 9.89. The molecule has 0 bridgehead atoms. The number of hydrogen-bond acceptors (Lipinski definition) is 5. The molecule has 1 aliphatic heterocycles. The van der Waals surface area contributed by atoms with E-state index < -0.39 is 29.7 Å². The Morgan fingerprint density at radius 3 is 2.53 bits per heavy atom. The summed E-state index contributed by atoms with van der Waals surface area (Å²) in [4.78, 5) is 30.2. The zero-order chi connectivity index (χ0) is 22.1. The summed E-state index contributed by atoms with van der Waals surface area (Å²) in [6, 6.07) is 6.88. The highest BCUT2D eigenvalue weighted by Crippen LogP contribution is 2.30. The maximum atomic E-state index is 13.0. The van der Waals surface area contributed by atoms with Crippen LogP contribution in [0.15, 0.2) is 42.6 Å². The molecule has 0 saturated carbocycles. The van der Waals surface area contributed by atoms with Crippen LogP contribution in [-0.4, -0.2) is 35.4 Å². The third-order valence-corrected chi connectivity index (χ3v) is 4.32. The molecule has 1 unspecified atom stereocenters. The van der Waals surface area contributed by atoms with E-state index in [0.29, 0.717) is 11.3 Å². The van der Waals surface area contributed by atoms with E-state index in [2.05, 4.69) is 20.4 Å². The maximum Gasteiger partial charge on any atom is 0.573 e. The largest absolute Gasteiger partial charge is 0.573 e. The van der Waals surface area contributed by atoms with Crippen LogP contribution in [0.2, 0.25) is 0 Å². The average Bonchev–Trinajstić information content (AvgIpc) is 2.64. The molecule has 3 amide bonds. The number of carbonyl (C=O) groups excluding carboxylic acids is 2. The topological polar surface area (TPSA) is 110 Å². The van der Waals surface area contributed by atoms with Crippen molar-refractivity contribution in [2.24, 2.45) is 5.73 Å². The summed E-state index contributed by atoms with van der Waals surface area (Å²) >= 11 is 0. The van der Waals surface area contributed by atoms with Crippen molar-refractivity contribution in [3.05, 3.63) is 48.2 Å². The summed E-state index contributed by atoms with van der Waals surface area (Å²) < 4.78 is 41.0. The van der Waals surface area contributed by atoms with E-state index in [1.54, 1.807) is 26.0 Å². The van der Waals surface area contributed by atoms with Gasteiger partial charge in [0, 0.05) is 11.7 Å². The Labute approximate surface area is 170 Å². The number of anilines is 2. The van der Waals surface area contributed by atoms with E-state index in [4.69, 9.17) is 5.73 Å². The van der Waals surface area contributed by atoms with Crippen LogP contribution in [0, 0.1) is 0 Å². The monoisotopic (exact) mass is 423 g/mol. The maximum absolute atomic E-state index is 13.0. The van der Waals surface area contributed by atoms with Crippen LogP contribution >= 0.6 is 0 Å². The second kappa shape index (κ2) is 7.82. The molecule has 3 rings (SSSR count). The molecule has 2 aromatic rings. The molecule has 2 heterocycles.